The van der Waals surface area contributed by atoms with Crippen LogP contribution in [0.1, 0.15) is 13.8 Å². The second-order valence-electron chi connectivity index (χ2n) is 15.4. The lowest BCUT2D eigenvalue weighted by Gasteiger charge is -2.50. The van der Waals surface area contributed by atoms with Crippen LogP contribution in [0.3, 0.4) is 0 Å². The molecule has 0 aromatic rings. The van der Waals surface area contributed by atoms with Gasteiger partial charge in [-0.1, -0.05) is 0 Å². The summed E-state index contributed by atoms with van der Waals surface area (Å²) in [6, 6.07) is -3.11. The lowest BCUT2D eigenvalue weighted by atomic mass is 9.94. The van der Waals surface area contributed by atoms with Crippen LogP contribution in [0.25, 0.3) is 0 Å². The lowest BCUT2D eigenvalue weighted by molar-refractivity contribution is -0.388. The Hall–Kier alpha value is -2.02. The molecular weight excluding hydrogens is 852 g/mol. The van der Waals surface area contributed by atoms with Gasteiger partial charge in [0.1, 0.15) is 122 Å². The van der Waals surface area contributed by atoms with Crippen LogP contribution in [-0.2, 0) is 52.2 Å². The molecule has 0 aromatic carbocycles. The van der Waals surface area contributed by atoms with Crippen molar-refractivity contribution in [3.05, 3.63) is 0 Å². The summed E-state index contributed by atoms with van der Waals surface area (Å²) in [4.78, 5) is 24.0. The second kappa shape index (κ2) is 22.0. The Morgan fingerprint density at radius 2 is 0.694 bits per heavy atom. The molecule has 0 bridgehead atoms. The van der Waals surface area contributed by atoms with Crippen molar-refractivity contribution in [1.82, 2.24) is 10.6 Å². The Kier molecular flexibility index (Phi) is 18.1. The molecule has 0 aliphatic carbocycles. The monoisotopic (exact) mass is 910 g/mol. The number of ether oxygens (including phenoxy) is 9. The Morgan fingerprint density at radius 1 is 0.387 bits per heavy atom. The maximum Gasteiger partial charge on any atom is 0.217 e. The molecule has 28 nitrogen and oxygen atoms in total. The third kappa shape index (κ3) is 10.8. The van der Waals surface area contributed by atoms with E-state index in [0.29, 0.717) is 0 Å². The fourth-order valence-electron chi connectivity index (χ4n) is 7.85. The molecule has 0 aromatic heterocycles. The molecule has 0 spiro atoms. The van der Waals surface area contributed by atoms with E-state index >= 15 is 0 Å². The Labute approximate surface area is 351 Å². The number of aliphatic hydroxyl groups excluding tert-OH is 15. The number of carbonyl (C=O) groups is 2. The van der Waals surface area contributed by atoms with Crippen LogP contribution in [-0.4, -0.2) is 275 Å². The van der Waals surface area contributed by atoms with Gasteiger partial charge < -0.3 is 130 Å². The average Bonchev–Trinajstić information content (AvgIpc) is 3.24. The van der Waals surface area contributed by atoms with E-state index in [4.69, 9.17) is 42.6 Å². The van der Waals surface area contributed by atoms with Crippen molar-refractivity contribution >= 4 is 11.8 Å². The maximum atomic E-state index is 12.3. The minimum Gasteiger partial charge on any atom is -0.394 e. The van der Waals surface area contributed by atoms with Gasteiger partial charge in [0, 0.05) is 13.8 Å². The molecule has 360 valence electrons. The first-order valence-electron chi connectivity index (χ1n) is 19.6. The Morgan fingerprint density at radius 3 is 1.10 bits per heavy atom. The zero-order chi connectivity index (χ0) is 45.9. The predicted molar refractivity (Wildman–Crippen MR) is 190 cm³/mol. The zero-order valence-electron chi connectivity index (χ0n) is 33.2. The van der Waals surface area contributed by atoms with Gasteiger partial charge in [-0.15, -0.1) is 0 Å². The molecule has 28 heteroatoms. The van der Waals surface area contributed by atoms with Gasteiger partial charge in [0.25, 0.3) is 0 Å². The van der Waals surface area contributed by atoms with Crippen LogP contribution in [0.4, 0.5) is 0 Å². The molecule has 0 unspecified atom stereocenters. The van der Waals surface area contributed by atoms with Crippen molar-refractivity contribution in [3.63, 3.8) is 0 Å². The summed E-state index contributed by atoms with van der Waals surface area (Å²) in [6.45, 7) is -2.41. The zero-order valence-corrected chi connectivity index (χ0v) is 33.2. The van der Waals surface area contributed by atoms with Gasteiger partial charge in [0.15, 0.2) is 31.5 Å². The number of hydrogen-bond donors (Lipinski definition) is 17. The van der Waals surface area contributed by atoms with Crippen LogP contribution in [0.2, 0.25) is 0 Å². The summed E-state index contributed by atoms with van der Waals surface area (Å²) in [6.07, 6.45) is -41.6. The lowest BCUT2D eigenvalue weighted by Crippen LogP contribution is -2.70. The molecule has 5 saturated heterocycles. The van der Waals surface area contributed by atoms with E-state index < -0.39 is 198 Å². The van der Waals surface area contributed by atoms with E-state index in [1.807, 2.05) is 0 Å². The molecule has 5 aliphatic heterocycles. The Balaban J connectivity index is 1.28. The highest BCUT2D eigenvalue weighted by Crippen LogP contribution is 2.35. The summed E-state index contributed by atoms with van der Waals surface area (Å²) in [5.41, 5.74) is 0. The highest BCUT2D eigenvalue weighted by Gasteiger charge is 2.56. The predicted octanol–water partition coefficient (Wildman–Crippen LogP) is -11.6. The average molecular weight is 911 g/mol. The quantitative estimate of drug-likeness (QED) is 0.0725. The first kappa shape index (κ1) is 51.0. The molecule has 2 amide bonds. The van der Waals surface area contributed by atoms with Crippen LogP contribution in [0.15, 0.2) is 0 Å². The van der Waals surface area contributed by atoms with Gasteiger partial charge >= 0.3 is 0 Å². The minimum absolute atomic E-state index is 0.678. The van der Waals surface area contributed by atoms with E-state index in [0.717, 1.165) is 13.8 Å². The largest absolute Gasteiger partial charge is 0.394 e. The molecule has 5 rings (SSSR count). The third-order valence-electron chi connectivity index (χ3n) is 11.1. The number of carbonyl (C=O) groups excluding carboxylic acids is 2. The normalized spacial score (nSPS) is 49.0. The van der Waals surface area contributed by atoms with Crippen molar-refractivity contribution < 1.29 is 129 Å². The summed E-state index contributed by atoms with van der Waals surface area (Å²) in [5.74, 6) is -1.45. The number of nitrogens with one attached hydrogen (secondary N) is 2. The van der Waals surface area contributed by atoms with Crippen LogP contribution < -0.4 is 10.6 Å². The van der Waals surface area contributed by atoms with E-state index in [2.05, 4.69) is 10.6 Å². The van der Waals surface area contributed by atoms with E-state index in [1.54, 1.807) is 0 Å². The van der Waals surface area contributed by atoms with E-state index in [9.17, 15) is 86.2 Å². The highest BCUT2D eigenvalue weighted by molar-refractivity contribution is 5.73. The van der Waals surface area contributed by atoms with Crippen LogP contribution in [0, 0.1) is 0 Å². The van der Waals surface area contributed by atoms with Crippen molar-refractivity contribution in [2.24, 2.45) is 0 Å². The number of rotatable bonds is 15. The fourth-order valence-corrected chi connectivity index (χ4v) is 7.85. The first-order valence-corrected chi connectivity index (χ1v) is 19.6. The van der Waals surface area contributed by atoms with Gasteiger partial charge in [-0.3, -0.25) is 9.59 Å². The Bertz CT molecular complexity index is 1440. The van der Waals surface area contributed by atoms with E-state index in [-0.39, 0.29) is 0 Å². The fraction of sp³-hybridized carbons (Fsp3) is 0.941. The van der Waals surface area contributed by atoms with Gasteiger partial charge in [0.2, 0.25) is 11.8 Å². The first-order chi connectivity index (χ1) is 29.3. The van der Waals surface area contributed by atoms with Crippen molar-refractivity contribution in [3.8, 4) is 0 Å². The minimum atomic E-state index is -2.14. The number of amides is 2. The smallest absolute Gasteiger partial charge is 0.217 e. The molecule has 5 aliphatic rings. The molecule has 0 radical (unpaired) electrons. The molecule has 25 atom stereocenters. The van der Waals surface area contributed by atoms with Gasteiger partial charge in [-0.05, 0) is 0 Å². The molecule has 0 saturated carbocycles. The van der Waals surface area contributed by atoms with Crippen molar-refractivity contribution in [2.75, 3.05) is 33.0 Å². The SMILES string of the molecule is CC(=O)N[C@@H]1[C@@H](O)[C@H](O[C@H]2O[C@H](CO)[C@@H](O[C@@H]3O[C@H](CO)[C@@H](O[C@H]4O[C@H](CO)[C@@H](O[C@@H]5O[C@H](CO)[C@@H](O)[C@H](O)[C@@H]5O)[C@H](O)[C@@H]4O)[C@H](O)[C@@H]3O)[C@H](O)[C@H]2NC(C)=O)[C@@H](CO)O[C@H]1O. The maximum absolute atomic E-state index is 12.3. The highest BCUT2D eigenvalue weighted by atomic mass is 16.8. The molecule has 5 fully saturated rings. The topological polar surface area (TPSA) is 445 Å². The van der Waals surface area contributed by atoms with Crippen molar-refractivity contribution in [1.29, 1.82) is 0 Å². The molecule has 17 N–H and O–H groups in total. The number of hydrogen-bond acceptors (Lipinski definition) is 26. The van der Waals surface area contributed by atoms with E-state index in [1.165, 1.54) is 0 Å². The van der Waals surface area contributed by atoms with Gasteiger partial charge in [0.05, 0.1) is 33.0 Å². The summed E-state index contributed by atoms with van der Waals surface area (Å²) < 4.78 is 50.5. The summed E-state index contributed by atoms with van der Waals surface area (Å²) in [7, 11) is 0. The van der Waals surface area contributed by atoms with Crippen LogP contribution in [0.5, 0.6) is 0 Å². The van der Waals surface area contributed by atoms with Gasteiger partial charge in [-0.25, -0.2) is 0 Å². The number of aliphatic hydroxyl groups is 15. The van der Waals surface area contributed by atoms with Crippen LogP contribution >= 0.6 is 0 Å². The van der Waals surface area contributed by atoms with Gasteiger partial charge in [-0.2, -0.15) is 0 Å². The standard InChI is InChI=1S/C34H58N2O26/c1-8(42)35-15-18(45)26(11(4-38)54-30(15)53)59-31-16(36-9(2)43)19(46)27(12(5-39)56-31)60-33-24(51)21(48)29(14(7-41)57-33)62-34-25(52)22(49)28(13(6-40)58-34)61-32-23(50)20(47)17(44)10(3-37)55-32/h10-34,37-41,44-53H,3-7H2,1-2H3,(H,35,42)(H,36,43)/t10-,11-,12-,13-,14-,15-,16-,17-,18-,19-,20+,21-,22-,23+,24+,25+,26-,27-,28-,29-,30-,31-,32+,33+,34-/m1/s1. The summed E-state index contributed by atoms with van der Waals surface area (Å²) >= 11 is 0. The molecule has 62 heavy (non-hydrogen) atoms. The second-order valence-corrected chi connectivity index (χ2v) is 15.4. The summed E-state index contributed by atoms with van der Waals surface area (Å²) in [5, 5.41) is 163. The molecule has 5 heterocycles. The molecular formula is C34H58N2O26. The van der Waals surface area contributed by atoms with Crippen molar-refractivity contribution in [2.45, 2.75) is 167 Å². The third-order valence-corrected chi connectivity index (χ3v) is 11.1.